The van der Waals surface area contributed by atoms with E-state index in [4.69, 9.17) is 21.4 Å². The SMILES string of the molecule is COCC(C)n1c(SCC(=O)O)nc2cc(Cl)c(F)cc21. The summed E-state index contributed by atoms with van der Waals surface area (Å²) in [5, 5.41) is 9.29. The second-order valence-corrected chi connectivity index (χ2v) is 5.86. The van der Waals surface area contributed by atoms with E-state index in [-0.39, 0.29) is 16.8 Å². The van der Waals surface area contributed by atoms with Gasteiger partial charge in [-0.1, -0.05) is 23.4 Å². The Balaban J connectivity index is 2.54. The van der Waals surface area contributed by atoms with Crippen LogP contribution in [0.15, 0.2) is 17.3 Å². The van der Waals surface area contributed by atoms with Crippen molar-refractivity contribution in [2.75, 3.05) is 19.5 Å². The third-order valence-corrected chi connectivity index (χ3v) is 4.10. The molecule has 2 aromatic rings. The lowest BCUT2D eigenvalue weighted by Gasteiger charge is -2.16. The van der Waals surface area contributed by atoms with Gasteiger partial charge < -0.3 is 14.4 Å². The number of aliphatic carboxylic acids is 1. The molecule has 1 heterocycles. The van der Waals surface area contributed by atoms with Crippen LogP contribution in [0.2, 0.25) is 5.02 Å². The number of rotatable bonds is 6. The first-order chi connectivity index (χ1) is 9.93. The quantitative estimate of drug-likeness (QED) is 0.823. The summed E-state index contributed by atoms with van der Waals surface area (Å²) >= 11 is 6.85. The van der Waals surface area contributed by atoms with Gasteiger partial charge in [-0.2, -0.15) is 0 Å². The number of carboxylic acid groups (broad SMARTS) is 1. The van der Waals surface area contributed by atoms with Crippen LogP contribution in [0.3, 0.4) is 0 Å². The number of aromatic nitrogens is 2. The van der Waals surface area contributed by atoms with Crippen molar-refractivity contribution >= 4 is 40.4 Å². The Kier molecular flexibility index (Phi) is 5.08. The van der Waals surface area contributed by atoms with Gasteiger partial charge in [-0.25, -0.2) is 9.37 Å². The van der Waals surface area contributed by atoms with Crippen molar-refractivity contribution in [1.82, 2.24) is 9.55 Å². The van der Waals surface area contributed by atoms with Gasteiger partial charge in [0.25, 0.3) is 0 Å². The van der Waals surface area contributed by atoms with Gasteiger partial charge in [-0.15, -0.1) is 0 Å². The van der Waals surface area contributed by atoms with Crippen LogP contribution in [0.4, 0.5) is 4.39 Å². The number of carbonyl (C=O) groups is 1. The van der Waals surface area contributed by atoms with Crippen molar-refractivity contribution in [3.05, 3.63) is 23.0 Å². The van der Waals surface area contributed by atoms with E-state index in [9.17, 15) is 9.18 Å². The van der Waals surface area contributed by atoms with Gasteiger partial charge in [-0.05, 0) is 13.0 Å². The molecular formula is C13H14ClFN2O3S. The summed E-state index contributed by atoms with van der Waals surface area (Å²) in [6.07, 6.45) is 0. The molecule has 114 valence electrons. The minimum atomic E-state index is -0.942. The Morgan fingerprint density at radius 3 is 2.95 bits per heavy atom. The van der Waals surface area contributed by atoms with Crippen LogP contribution in [-0.4, -0.2) is 40.1 Å². The zero-order valence-electron chi connectivity index (χ0n) is 11.5. The van der Waals surface area contributed by atoms with Crippen LogP contribution in [0.25, 0.3) is 11.0 Å². The number of methoxy groups -OCH3 is 1. The molecule has 0 radical (unpaired) electrons. The molecule has 0 aliphatic heterocycles. The fraction of sp³-hybridized carbons (Fsp3) is 0.385. The lowest BCUT2D eigenvalue weighted by Crippen LogP contribution is -2.13. The number of imidazole rings is 1. The molecule has 1 unspecified atom stereocenters. The Hall–Kier alpha value is -1.31. The van der Waals surface area contributed by atoms with E-state index in [0.717, 1.165) is 11.8 Å². The van der Waals surface area contributed by atoms with Crippen LogP contribution < -0.4 is 0 Å². The van der Waals surface area contributed by atoms with Crippen LogP contribution in [-0.2, 0) is 9.53 Å². The maximum atomic E-state index is 13.7. The van der Waals surface area contributed by atoms with E-state index in [0.29, 0.717) is 22.8 Å². The predicted molar refractivity (Wildman–Crippen MR) is 79.6 cm³/mol. The van der Waals surface area contributed by atoms with Gasteiger partial charge >= 0.3 is 5.97 Å². The van der Waals surface area contributed by atoms with Crippen molar-refractivity contribution < 1.29 is 19.0 Å². The zero-order valence-corrected chi connectivity index (χ0v) is 13.0. The average molecular weight is 333 g/mol. The van der Waals surface area contributed by atoms with Gasteiger partial charge in [0.05, 0.1) is 34.5 Å². The Bertz CT molecular complexity index is 677. The molecule has 2 rings (SSSR count). The number of nitrogens with zero attached hydrogens (tertiary/aromatic N) is 2. The average Bonchev–Trinajstić information content (AvgIpc) is 2.75. The van der Waals surface area contributed by atoms with Gasteiger partial charge in [0.2, 0.25) is 0 Å². The normalized spacial score (nSPS) is 12.8. The molecule has 0 saturated heterocycles. The summed E-state index contributed by atoms with van der Waals surface area (Å²) in [6, 6.07) is 2.63. The molecule has 8 heteroatoms. The first-order valence-corrected chi connectivity index (χ1v) is 7.51. The molecular weight excluding hydrogens is 319 g/mol. The third-order valence-electron chi connectivity index (χ3n) is 2.87. The standard InChI is InChI=1S/C13H14ClFN2O3S/c1-7(5-20-2)17-11-4-9(15)8(14)3-10(11)16-13(17)21-6-12(18)19/h3-4,7H,5-6H2,1-2H3,(H,18,19). The molecule has 0 bridgehead atoms. The van der Waals surface area contributed by atoms with E-state index < -0.39 is 11.8 Å². The van der Waals surface area contributed by atoms with Crippen LogP contribution >= 0.6 is 23.4 Å². The third kappa shape index (κ3) is 3.48. The Labute approximate surface area is 130 Å². The van der Waals surface area contributed by atoms with E-state index >= 15 is 0 Å². The smallest absolute Gasteiger partial charge is 0.313 e. The number of benzene rings is 1. The molecule has 0 amide bonds. The zero-order chi connectivity index (χ0) is 15.6. The summed E-state index contributed by atoms with van der Waals surface area (Å²) in [7, 11) is 1.57. The summed E-state index contributed by atoms with van der Waals surface area (Å²) in [6.45, 7) is 2.29. The fourth-order valence-corrected chi connectivity index (χ4v) is 3.03. The molecule has 1 N–H and O–H groups in total. The molecule has 21 heavy (non-hydrogen) atoms. The fourth-order valence-electron chi connectivity index (χ4n) is 2.04. The number of hydrogen-bond donors (Lipinski definition) is 1. The molecule has 0 fully saturated rings. The molecule has 5 nitrogen and oxygen atoms in total. The Morgan fingerprint density at radius 2 is 2.33 bits per heavy atom. The van der Waals surface area contributed by atoms with Gasteiger partial charge in [-0.3, -0.25) is 4.79 Å². The largest absolute Gasteiger partial charge is 0.481 e. The summed E-state index contributed by atoms with van der Waals surface area (Å²) in [5.41, 5.74) is 1.09. The number of ether oxygens (including phenoxy) is 1. The highest BCUT2D eigenvalue weighted by Gasteiger charge is 2.19. The van der Waals surface area contributed by atoms with Crippen molar-refractivity contribution in [3.8, 4) is 0 Å². The topological polar surface area (TPSA) is 64.3 Å². The molecule has 0 aliphatic carbocycles. The van der Waals surface area contributed by atoms with Gasteiger partial charge in [0.15, 0.2) is 5.16 Å². The summed E-state index contributed by atoms with van der Waals surface area (Å²) in [5.74, 6) is -1.61. The lowest BCUT2D eigenvalue weighted by atomic mass is 10.2. The molecule has 1 atom stereocenters. The molecule has 0 aliphatic rings. The van der Waals surface area contributed by atoms with Crippen LogP contribution in [0.5, 0.6) is 0 Å². The second-order valence-electron chi connectivity index (χ2n) is 4.51. The maximum absolute atomic E-state index is 13.7. The maximum Gasteiger partial charge on any atom is 0.313 e. The first kappa shape index (κ1) is 16.1. The predicted octanol–water partition coefficient (Wildman–Crippen LogP) is 3.21. The Morgan fingerprint density at radius 1 is 1.62 bits per heavy atom. The van der Waals surface area contributed by atoms with E-state index in [1.165, 1.54) is 12.1 Å². The summed E-state index contributed by atoms with van der Waals surface area (Å²) < 4.78 is 20.6. The molecule has 1 aromatic carbocycles. The van der Waals surface area contributed by atoms with Crippen molar-refractivity contribution in [1.29, 1.82) is 0 Å². The first-order valence-electron chi connectivity index (χ1n) is 6.14. The van der Waals surface area contributed by atoms with Crippen molar-refractivity contribution in [2.24, 2.45) is 0 Å². The van der Waals surface area contributed by atoms with Gasteiger partial charge in [0, 0.05) is 13.2 Å². The van der Waals surface area contributed by atoms with E-state index in [1.807, 2.05) is 6.92 Å². The highest BCUT2D eigenvalue weighted by Crippen LogP contribution is 2.30. The number of hydrogen-bond acceptors (Lipinski definition) is 4. The molecule has 1 aromatic heterocycles. The van der Waals surface area contributed by atoms with Crippen LogP contribution in [0, 0.1) is 5.82 Å². The number of carboxylic acids is 1. The van der Waals surface area contributed by atoms with E-state index in [1.54, 1.807) is 11.7 Å². The molecule has 0 saturated carbocycles. The lowest BCUT2D eigenvalue weighted by molar-refractivity contribution is -0.133. The minimum absolute atomic E-state index is 0.0127. The summed E-state index contributed by atoms with van der Waals surface area (Å²) in [4.78, 5) is 15.1. The number of thioether (sulfide) groups is 1. The van der Waals surface area contributed by atoms with Gasteiger partial charge in [0.1, 0.15) is 5.82 Å². The van der Waals surface area contributed by atoms with Crippen molar-refractivity contribution in [3.63, 3.8) is 0 Å². The number of halogens is 2. The number of fused-ring (bicyclic) bond motifs is 1. The van der Waals surface area contributed by atoms with E-state index in [2.05, 4.69) is 4.98 Å². The minimum Gasteiger partial charge on any atom is -0.481 e. The van der Waals surface area contributed by atoms with Crippen molar-refractivity contribution in [2.45, 2.75) is 18.1 Å². The molecule has 0 spiro atoms. The van der Waals surface area contributed by atoms with Crippen LogP contribution in [0.1, 0.15) is 13.0 Å². The second kappa shape index (κ2) is 6.64. The monoisotopic (exact) mass is 332 g/mol. The highest BCUT2D eigenvalue weighted by atomic mass is 35.5. The highest BCUT2D eigenvalue weighted by molar-refractivity contribution is 7.99.